The van der Waals surface area contributed by atoms with Crippen molar-refractivity contribution in [3.05, 3.63) is 101 Å². The Hall–Kier alpha value is -4.02. The van der Waals surface area contributed by atoms with Gasteiger partial charge in [-0.15, -0.1) is 0 Å². The normalized spacial score (nSPS) is 16.7. The van der Waals surface area contributed by atoms with Gasteiger partial charge in [-0.2, -0.15) is 5.26 Å². The fourth-order valence-corrected chi connectivity index (χ4v) is 5.05. The topological polar surface area (TPSA) is 82.4 Å². The van der Waals surface area contributed by atoms with Crippen LogP contribution in [0.25, 0.3) is 0 Å². The highest BCUT2D eigenvalue weighted by Crippen LogP contribution is 2.43. The molecule has 1 aliphatic rings. The molecule has 2 amide bonds. The van der Waals surface area contributed by atoms with Crippen molar-refractivity contribution >= 4 is 35.0 Å². The number of amides is 2. The Morgan fingerprint density at radius 1 is 1.09 bits per heavy atom. The second-order valence-corrected chi connectivity index (χ2v) is 8.93. The molecular formula is C27H23N3O3S. The smallest absolute Gasteiger partial charge is 0.269 e. The van der Waals surface area contributed by atoms with Crippen LogP contribution in [0.2, 0.25) is 0 Å². The predicted octanol–water partition coefficient (Wildman–Crippen LogP) is 5.07. The Morgan fingerprint density at radius 2 is 1.82 bits per heavy atom. The van der Waals surface area contributed by atoms with Crippen LogP contribution in [0.4, 0.5) is 11.4 Å². The summed E-state index contributed by atoms with van der Waals surface area (Å²) in [5.41, 5.74) is 2.94. The first-order chi connectivity index (χ1) is 16.5. The van der Waals surface area contributed by atoms with Crippen LogP contribution in [0.3, 0.4) is 0 Å². The van der Waals surface area contributed by atoms with Gasteiger partial charge in [0.15, 0.2) is 0 Å². The van der Waals surface area contributed by atoms with E-state index in [1.807, 2.05) is 67.6 Å². The number of hydrogen-bond donors (Lipinski definition) is 1. The molecule has 1 atom stereocenters. The zero-order valence-corrected chi connectivity index (χ0v) is 19.6. The van der Waals surface area contributed by atoms with Crippen molar-refractivity contribution in [2.75, 3.05) is 17.3 Å². The first-order valence-corrected chi connectivity index (χ1v) is 11.6. The van der Waals surface area contributed by atoms with Gasteiger partial charge in [0.1, 0.15) is 22.4 Å². The van der Waals surface area contributed by atoms with Gasteiger partial charge in [0.2, 0.25) is 5.91 Å². The van der Waals surface area contributed by atoms with E-state index in [1.54, 1.807) is 31.4 Å². The molecule has 0 aromatic heterocycles. The quantitative estimate of drug-likeness (QED) is 0.403. The van der Waals surface area contributed by atoms with Crippen molar-refractivity contribution < 1.29 is 14.3 Å². The van der Waals surface area contributed by atoms with Crippen LogP contribution in [0, 0.1) is 18.3 Å². The maximum Gasteiger partial charge on any atom is 0.269 e. The monoisotopic (exact) mass is 469 g/mol. The zero-order valence-electron chi connectivity index (χ0n) is 18.8. The molecule has 0 radical (unpaired) electrons. The van der Waals surface area contributed by atoms with Crippen molar-refractivity contribution in [1.29, 1.82) is 5.26 Å². The summed E-state index contributed by atoms with van der Waals surface area (Å²) in [6, 6.07) is 26.0. The third kappa shape index (κ3) is 4.82. The molecule has 0 saturated carbocycles. The maximum atomic E-state index is 13.6. The molecule has 0 spiro atoms. The number of aryl methyl sites for hydroxylation is 1. The summed E-state index contributed by atoms with van der Waals surface area (Å²) in [6.45, 7) is 1.90. The second kappa shape index (κ2) is 10.3. The lowest BCUT2D eigenvalue weighted by molar-refractivity contribution is -0.117. The highest BCUT2D eigenvalue weighted by atomic mass is 32.2. The number of nitrogens with zero attached hydrogens (tertiary/aromatic N) is 2. The van der Waals surface area contributed by atoms with Crippen LogP contribution >= 0.6 is 11.8 Å². The number of methoxy groups -OCH3 is 1. The van der Waals surface area contributed by atoms with E-state index in [2.05, 4.69) is 5.32 Å². The summed E-state index contributed by atoms with van der Waals surface area (Å²) in [5.74, 6) is -0.0126. The molecule has 1 unspecified atom stereocenters. The molecule has 1 fully saturated rings. The Kier molecular flexibility index (Phi) is 7.00. The van der Waals surface area contributed by atoms with Gasteiger partial charge < -0.3 is 10.1 Å². The van der Waals surface area contributed by atoms with E-state index >= 15 is 0 Å². The highest BCUT2D eigenvalue weighted by molar-refractivity contribution is 8.05. The van der Waals surface area contributed by atoms with E-state index in [0.29, 0.717) is 28.6 Å². The summed E-state index contributed by atoms with van der Waals surface area (Å²) < 4.78 is 5.31. The van der Waals surface area contributed by atoms with Gasteiger partial charge in [-0.05, 0) is 54.8 Å². The van der Waals surface area contributed by atoms with E-state index in [0.717, 1.165) is 11.1 Å². The summed E-state index contributed by atoms with van der Waals surface area (Å²) in [7, 11) is 1.60. The average Bonchev–Trinajstić information content (AvgIpc) is 3.16. The maximum absolute atomic E-state index is 13.6. The standard InChI is InChI=1S/C27H23N3O3S/c1-18-9-6-7-14-23(18)30-26(32)24(16-19-10-8-13-21(15-19)33-2)34-27(30)22(17-28)25(31)29-20-11-4-3-5-12-20/h3-15,24H,16H2,1-2H3,(H,29,31)/b27-22-. The first kappa shape index (κ1) is 23.1. The van der Waals surface area contributed by atoms with E-state index < -0.39 is 11.2 Å². The van der Waals surface area contributed by atoms with Gasteiger partial charge in [0.05, 0.1) is 18.0 Å². The molecule has 6 nitrogen and oxygen atoms in total. The van der Waals surface area contributed by atoms with E-state index in [9.17, 15) is 14.9 Å². The summed E-state index contributed by atoms with van der Waals surface area (Å²) in [6.07, 6.45) is 0.436. The molecular weight excluding hydrogens is 446 g/mol. The van der Waals surface area contributed by atoms with Crippen molar-refractivity contribution in [1.82, 2.24) is 0 Å². The van der Waals surface area contributed by atoms with Crippen LogP contribution in [-0.4, -0.2) is 24.2 Å². The number of ether oxygens (including phenoxy) is 1. The average molecular weight is 470 g/mol. The molecule has 3 aromatic rings. The minimum absolute atomic E-state index is 0.0985. The lowest BCUT2D eigenvalue weighted by atomic mass is 10.1. The third-order valence-electron chi connectivity index (χ3n) is 5.45. The third-order valence-corrected chi connectivity index (χ3v) is 6.71. The van der Waals surface area contributed by atoms with Crippen LogP contribution in [0.5, 0.6) is 5.75 Å². The van der Waals surface area contributed by atoms with E-state index in [1.165, 1.54) is 16.7 Å². The lowest BCUT2D eigenvalue weighted by Crippen LogP contribution is -2.31. The van der Waals surface area contributed by atoms with Crippen molar-refractivity contribution in [3.63, 3.8) is 0 Å². The van der Waals surface area contributed by atoms with Gasteiger partial charge in [-0.1, -0.05) is 60.3 Å². The van der Waals surface area contributed by atoms with Gasteiger partial charge in [0.25, 0.3) is 5.91 Å². The summed E-state index contributed by atoms with van der Waals surface area (Å²) in [5, 5.41) is 12.6. The minimum Gasteiger partial charge on any atom is -0.497 e. The zero-order chi connectivity index (χ0) is 24.1. The molecule has 1 aliphatic heterocycles. The van der Waals surface area contributed by atoms with Crippen molar-refractivity contribution in [2.45, 2.75) is 18.6 Å². The number of carbonyl (C=O) groups excluding carboxylic acids is 2. The molecule has 3 aromatic carbocycles. The number of anilines is 2. The van der Waals surface area contributed by atoms with Crippen LogP contribution < -0.4 is 15.0 Å². The molecule has 34 heavy (non-hydrogen) atoms. The van der Waals surface area contributed by atoms with Gasteiger partial charge in [-0.25, -0.2) is 0 Å². The molecule has 170 valence electrons. The molecule has 1 heterocycles. The largest absolute Gasteiger partial charge is 0.497 e. The molecule has 7 heteroatoms. The predicted molar refractivity (Wildman–Crippen MR) is 134 cm³/mol. The van der Waals surface area contributed by atoms with E-state index in [4.69, 9.17) is 4.74 Å². The van der Waals surface area contributed by atoms with Crippen LogP contribution in [0.1, 0.15) is 11.1 Å². The van der Waals surface area contributed by atoms with Crippen LogP contribution in [0.15, 0.2) is 89.5 Å². The molecule has 0 bridgehead atoms. The number of nitriles is 1. The molecule has 4 rings (SSSR count). The lowest BCUT2D eigenvalue weighted by Gasteiger charge is -2.20. The minimum atomic E-state index is -0.551. The molecule has 1 saturated heterocycles. The first-order valence-electron chi connectivity index (χ1n) is 10.7. The molecule has 0 aliphatic carbocycles. The van der Waals surface area contributed by atoms with Crippen molar-refractivity contribution in [3.8, 4) is 11.8 Å². The van der Waals surface area contributed by atoms with Crippen molar-refractivity contribution in [2.24, 2.45) is 0 Å². The molecule has 1 N–H and O–H groups in total. The summed E-state index contributed by atoms with van der Waals surface area (Å²) >= 11 is 1.24. The number of hydrogen-bond acceptors (Lipinski definition) is 5. The number of benzene rings is 3. The SMILES string of the molecule is COc1cccc(CC2S/C(=C(/C#N)C(=O)Nc3ccccc3)N(c3ccccc3C)C2=O)c1. The van der Waals surface area contributed by atoms with Gasteiger partial charge in [0, 0.05) is 5.69 Å². The fraction of sp³-hybridized carbons (Fsp3) is 0.148. The number of para-hydroxylation sites is 2. The summed E-state index contributed by atoms with van der Waals surface area (Å²) in [4.78, 5) is 28.2. The van der Waals surface area contributed by atoms with Gasteiger partial charge >= 0.3 is 0 Å². The number of thioether (sulfide) groups is 1. The van der Waals surface area contributed by atoms with E-state index in [-0.39, 0.29) is 11.5 Å². The highest BCUT2D eigenvalue weighted by Gasteiger charge is 2.41. The Bertz CT molecular complexity index is 1300. The number of carbonyl (C=O) groups is 2. The second-order valence-electron chi connectivity index (χ2n) is 7.73. The number of nitrogens with one attached hydrogen (secondary N) is 1. The Balaban J connectivity index is 1.74. The van der Waals surface area contributed by atoms with Gasteiger partial charge in [-0.3, -0.25) is 14.5 Å². The number of rotatable bonds is 6. The Morgan fingerprint density at radius 3 is 2.53 bits per heavy atom. The fourth-order valence-electron chi connectivity index (χ4n) is 3.75. The van der Waals surface area contributed by atoms with Crippen LogP contribution in [-0.2, 0) is 16.0 Å². The Labute approximate surface area is 202 Å².